The first-order valence-corrected chi connectivity index (χ1v) is 12.5. The van der Waals surface area contributed by atoms with Crippen LogP contribution >= 0.6 is 11.6 Å². The van der Waals surface area contributed by atoms with E-state index in [0.29, 0.717) is 35.2 Å². The molecule has 2 aliphatic heterocycles. The molecule has 0 atom stereocenters. The first kappa shape index (κ1) is 21.8. The van der Waals surface area contributed by atoms with Gasteiger partial charge in [-0.2, -0.15) is 4.31 Å². The van der Waals surface area contributed by atoms with Crippen molar-refractivity contribution in [1.29, 1.82) is 0 Å². The lowest BCUT2D eigenvalue weighted by Crippen LogP contribution is -2.52. The van der Waals surface area contributed by atoms with Gasteiger partial charge in [-0.15, -0.1) is 0 Å². The third kappa shape index (κ3) is 3.94. The predicted molar refractivity (Wildman–Crippen MR) is 131 cm³/mol. The number of urea groups is 1. The van der Waals surface area contributed by atoms with Gasteiger partial charge in [0.25, 0.3) is 10.0 Å². The molecule has 1 saturated heterocycles. The second-order valence-corrected chi connectivity index (χ2v) is 10.1. The lowest BCUT2D eigenvalue weighted by Gasteiger charge is -2.39. The van der Waals surface area contributed by atoms with Crippen LogP contribution in [0.3, 0.4) is 0 Å². The van der Waals surface area contributed by atoms with Gasteiger partial charge in [0.2, 0.25) is 0 Å². The number of nitrogens with one attached hydrogen (secondary N) is 1. The Kier molecular flexibility index (Phi) is 5.74. The molecule has 0 unspecified atom stereocenters. The van der Waals surface area contributed by atoms with Crippen molar-refractivity contribution >= 4 is 44.7 Å². The second kappa shape index (κ2) is 8.70. The highest BCUT2D eigenvalue weighted by Crippen LogP contribution is 2.45. The molecule has 2 amide bonds. The standard InChI is InChI=1S/C24H23ClN4O3S/c25-19-15-21(27-13-11-26-12-14-27)23-22(16-19)28(17-18-7-3-1-4-8-18)24(30)29(33(23,31)32)20-9-5-2-6-10-20/h1-10,15-16,26H,11-14,17H2. The smallest absolute Gasteiger partial charge is 0.343 e. The maximum atomic E-state index is 14.0. The number of halogens is 1. The van der Waals surface area contributed by atoms with Gasteiger partial charge in [-0.1, -0.05) is 60.1 Å². The number of amides is 2. The zero-order valence-electron chi connectivity index (χ0n) is 17.8. The molecular weight excluding hydrogens is 460 g/mol. The van der Waals surface area contributed by atoms with E-state index in [0.717, 1.165) is 23.0 Å². The van der Waals surface area contributed by atoms with Crippen LogP contribution in [0, 0.1) is 0 Å². The largest absolute Gasteiger partial charge is 0.368 e. The first-order chi connectivity index (χ1) is 16.0. The van der Waals surface area contributed by atoms with E-state index >= 15 is 0 Å². The van der Waals surface area contributed by atoms with Crippen LogP contribution in [0.4, 0.5) is 21.9 Å². The van der Waals surface area contributed by atoms with Crippen LogP contribution in [0.1, 0.15) is 5.56 Å². The lowest BCUT2D eigenvalue weighted by molar-refractivity contribution is 0.253. The van der Waals surface area contributed by atoms with Crippen molar-refractivity contribution in [3.8, 4) is 0 Å². The molecule has 9 heteroatoms. The third-order valence-corrected chi connectivity index (χ3v) is 7.84. The van der Waals surface area contributed by atoms with Gasteiger partial charge in [-0.3, -0.25) is 4.90 Å². The molecule has 2 heterocycles. The van der Waals surface area contributed by atoms with Gasteiger partial charge in [-0.25, -0.2) is 13.2 Å². The normalized spacial score (nSPS) is 17.7. The van der Waals surface area contributed by atoms with Gasteiger partial charge in [-0.05, 0) is 29.8 Å². The van der Waals surface area contributed by atoms with E-state index in [2.05, 4.69) is 5.32 Å². The van der Waals surface area contributed by atoms with Gasteiger partial charge in [0.15, 0.2) is 0 Å². The van der Waals surface area contributed by atoms with Gasteiger partial charge >= 0.3 is 6.03 Å². The van der Waals surface area contributed by atoms with E-state index in [1.807, 2.05) is 35.2 Å². The Bertz CT molecular complexity index is 1280. The zero-order valence-corrected chi connectivity index (χ0v) is 19.4. The Morgan fingerprint density at radius 2 is 1.48 bits per heavy atom. The number of carbonyl (C=O) groups excluding carboxylic acids is 1. The fraction of sp³-hybridized carbons (Fsp3) is 0.208. The van der Waals surface area contributed by atoms with E-state index in [4.69, 9.17) is 11.6 Å². The number of piperazine rings is 1. The highest BCUT2D eigenvalue weighted by atomic mass is 35.5. The molecule has 1 fully saturated rings. The molecule has 3 aromatic rings. The van der Waals surface area contributed by atoms with E-state index in [1.165, 1.54) is 4.90 Å². The Hall–Kier alpha value is -3.07. The Morgan fingerprint density at radius 3 is 2.15 bits per heavy atom. The molecule has 7 nitrogen and oxygen atoms in total. The van der Waals surface area contributed by atoms with Crippen LogP contribution in [0.2, 0.25) is 5.02 Å². The van der Waals surface area contributed by atoms with Crippen LogP contribution in [0.25, 0.3) is 0 Å². The summed E-state index contributed by atoms with van der Waals surface area (Å²) in [6.07, 6.45) is 0. The zero-order chi connectivity index (χ0) is 23.0. The number of carbonyl (C=O) groups is 1. The summed E-state index contributed by atoms with van der Waals surface area (Å²) in [5.74, 6) is 0. The number of hydrogen-bond acceptors (Lipinski definition) is 5. The molecule has 170 valence electrons. The van der Waals surface area contributed by atoms with Crippen molar-refractivity contribution in [1.82, 2.24) is 5.32 Å². The number of benzene rings is 3. The molecule has 0 saturated carbocycles. The molecular formula is C24H23ClN4O3S. The van der Waals surface area contributed by atoms with E-state index in [-0.39, 0.29) is 11.4 Å². The monoisotopic (exact) mass is 482 g/mol. The molecule has 3 aromatic carbocycles. The van der Waals surface area contributed by atoms with Crippen LogP contribution in [0.15, 0.2) is 77.7 Å². The van der Waals surface area contributed by atoms with Crippen molar-refractivity contribution in [2.45, 2.75) is 11.4 Å². The van der Waals surface area contributed by atoms with Crippen LogP contribution < -0.4 is 19.4 Å². The molecule has 2 aliphatic rings. The lowest BCUT2D eigenvalue weighted by atomic mass is 10.1. The predicted octanol–water partition coefficient (Wildman–Crippen LogP) is 4.09. The van der Waals surface area contributed by atoms with Crippen molar-refractivity contribution in [3.05, 3.63) is 83.4 Å². The molecule has 0 radical (unpaired) electrons. The van der Waals surface area contributed by atoms with Crippen molar-refractivity contribution in [2.75, 3.05) is 40.3 Å². The summed E-state index contributed by atoms with van der Waals surface area (Å²) >= 11 is 6.47. The first-order valence-electron chi connectivity index (χ1n) is 10.7. The van der Waals surface area contributed by atoms with Gasteiger partial charge in [0.05, 0.1) is 23.6 Å². The van der Waals surface area contributed by atoms with Crippen molar-refractivity contribution in [3.63, 3.8) is 0 Å². The number of para-hydroxylation sites is 1. The van der Waals surface area contributed by atoms with Gasteiger partial charge in [0, 0.05) is 31.2 Å². The Morgan fingerprint density at radius 1 is 0.879 bits per heavy atom. The third-order valence-electron chi connectivity index (χ3n) is 5.84. The fourth-order valence-electron chi connectivity index (χ4n) is 4.31. The average Bonchev–Trinajstić information content (AvgIpc) is 2.83. The second-order valence-electron chi connectivity index (χ2n) is 7.97. The van der Waals surface area contributed by atoms with Crippen molar-refractivity contribution in [2.24, 2.45) is 0 Å². The number of fused-ring (bicyclic) bond motifs is 1. The summed E-state index contributed by atoms with van der Waals surface area (Å²) in [6, 6.07) is 20.6. The minimum Gasteiger partial charge on any atom is -0.368 e. The SMILES string of the molecule is O=C1N(Cc2ccccc2)c2cc(Cl)cc(N3CCNCC3)c2S(=O)(=O)N1c1ccccc1. The Balaban J connectivity index is 1.74. The summed E-state index contributed by atoms with van der Waals surface area (Å²) in [5, 5.41) is 3.67. The minimum absolute atomic E-state index is 0.105. The summed E-state index contributed by atoms with van der Waals surface area (Å²) in [5.41, 5.74) is 2.00. The molecule has 5 rings (SSSR count). The minimum atomic E-state index is -4.19. The number of rotatable bonds is 4. The number of hydrogen-bond donors (Lipinski definition) is 1. The maximum Gasteiger partial charge on any atom is 0.343 e. The van der Waals surface area contributed by atoms with E-state index in [9.17, 15) is 13.2 Å². The fourth-order valence-corrected chi connectivity index (χ4v) is 6.29. The van der Waals surface area contributed by atoms with Gasteiger partial charge < -0.3 is 10.2 Å². The van der Waals surface area contributed by atoms with E-state index < -0.39 is 16.1 Å². The molecule has 0 bridgehead atoms. The summed E-state index contributed by atoms with van der Waals surface area (Å²) < 4.78 is 28.9. The average molecular weight is 483 g/mol. The maximum absolute atomic E-state index is 14.0. The number of sulfonamides is 1. The number of nitrogens with zero attached hydrogens (tertiary/aromatic N) is 3. The van der Waals surface area contributed by atoms with E-state index in [1.54, 1.807) is 42.5 Å². The van der Waals surface area contributed by atoms with Crippen molar-refractivity contribution < 1.29 is 13.2 Å². The Labute approximate surface area is 198 Å². The summed E-state index contributed by atoms with van der Waals surface area (Å²) in [4.78, 5) is 17.3. The topological polar surface area (TPSA) is 73.0 Å². The summed E-state index contributed by atoms with van der Waals surface area (Å²) in [7, 11) is -4.19. The molecule has 1 N–H and O–H groups in total. The van der Waals surface area contributed by atoms with Crippen LogP contribution in [0.5, 0.6) is 0 Å². The molecule has 33 heavy (non-hydrogen) atoms. The quantitative estimate of drug-likeness (QED) is 0.606. The summed E-state index contributed by atoms with van der Waals surface area (Å²) in [6.45, 7) is 2.96. The molecule has 0 aliphatic carbocycles. The highest BCUT2D eigenvalue weighted by molar-refractivity contribution is 7.94. The molecule has 0 spiro atoms. The molecule has 0 aromatic heterocycles. The highest BCUT2D eigenvalue weighted by Gasteiger charge is 2.45. The number of anilines is 3. The van der Waals surface area contributed by atoms with Crippen LogP contribution in [-0.2, 0) is 16.6 Å². The van der Waals surface area contributed by atoms with Gasteiger partial charge in [0.1, 0.15) is 4.90 Å². The van der Waals surface area contributed by atoms with Crippen LogP contribution in [-0.4, -0.2) is 40.6 Å².